The van der Waals surface area contributed by atoms with Gasteiger partial charge >= 0.3 is 0 Å². The fourth-order valence-corrected chi connectivity index (χ4v) is 13.8. The van der Waals surface area contributed by atoms with Gasteiger partial charge in [0.05, 0.1) is 6.10 Å². The molecule has 6 rings (SSSR count). The number of ketones is 1. The molecule has 4 fully saturated rings. The molecule has 0 amide bonds. The number of fused-ring (bicyclic) bond motifs is 4. The van der Waals surface area contributed by atoms with Crippen LogP contribution in [0, 0.1) is 33.5 Å². The largest absolute Gasteiger partial charge is 0.691 e. The molecule has 17 heteroatoms. The SMILES string of the molecule is CC(C)(C)n1cc[n+](C[P@@](C)(=O)C(C)(C)C)c1.CC1(C)C2CC[C@@]1(CSOO[O-])C(=O)C2.CC1(C)C2CC[C@@]1(CSOO[O-])C(O)C2.CP(C[n+]1ccn(C(C)(C)C)c1)C(C)(C)C. The summed E-state index contributed by atoms with van der Waals surface area (Å²) in [4.78, 5) is 12.0. The van der Waals surface area contributed by atoms with Gasteiger partial charge in [0, 0.05) is 58.0 Å². The molecule has 2 aromatic rings. The van der Waals surface area contributed by atoms with Crippen molar-refractivity contribution in [2.24, 2.45) is 33.5 Å². The lowest BCUT2D eigenvalue weighted by Gasteiger charge is -2.39. The summed E-state index contributed by atoms with van der Waals surface area (Å²) < 4.78 is 30.0. The number of aliphatic hydroxyl groups excluding tert-OH is 1. The Balaban J connectivity index is 0.000000224. The van der Waals surface area contributed by atoms with Crippen molar-refractivity contribution in [3.05, 3.63) is 37.4 Å². The number of hydrogen-bond acceptors (Lipinski definition) is 11. The maximum absolute atomic E-state index is 12.6. The molecule has 2 heterocycles. The zero-order valence-electron chi connectivity index (χ0n) is 42.0. The van der Waals surface area contributed by atoms with Gasteiger partial charge in [-0.1, -0.05) is 77.2 Å². The van der Waals surface area contributed by atoms with E-state index in [1.165, 1.54) is 6.42 Å². The number of aromatic nitrogens is 4. The summed E-state index contributed by atoms with van der Waals surface area (Å²) in [7, 11) is -2.16. The predicted octanol–water partition coefficient (Wildman–Crippen LogP) is 8.98. The Labute approximate surface area is 390 Å². The maximum Gasteiger partial charge on any atom is 0.244 e. The number of carbonyl (C=O) groups excluding carboxylic acids is 1. The summed E-state index contributed by atoms with van der Waals surface area (Å²) in [5.41, 5.74) is 0.00487. The Morgan fingerprint density at radius 1 is 0.810 bits per heavy atom. The molecule has 364 valence electrons. The van der Waals surface area contributed by atoms with E-state index in [1.54, 1.807) is 0 Å². The highest BCUT2D eigenvalue weighted by molar-refractivity contribution is 7.94. The molecule has 63 heavy (non-hydrogen) atoms. The van der Waals surface area contributed by atoms with Crippen molar-refractivity contribution in [2.45, 2.75) is 189 Å². The second-order valence-electron chi connectivity index (χ2n) is 23.8. The molecule has 0 aromatic carbocycles. The minimum Gasteiger partial charge on any atom is -0.691 e. The van der Waals surface area contributed by atoms with E-state index in [1.807, 2.05) is 30.0 Å². The zero-order chi connectivity index (χ0) is 48.3. The van der Waals surface area contributed by atoms with Crippen LogP contribution in [-0.4, -0.2) is 61.3 Å². The van der Waals surface area contributed by atoms with Gasteiger partial charge in [0.2, 0.25) is 12.7 Å². The molecule has 0 spiro atoms. The fourth-order valence-electron chi connectivity index (χ4n) is 9.51. The molecule has 13 nitrogen and oxygen atoms in total. The van der Waals surface area contributed by atoms with Crippen molar-refractivity contribution < 1.29 is 52.9 Å². The van der Waals surface area contributed by atoms with Crippen LogP contribution in [0.4, 0.5) is 0 Å². The summed E-state index contributed by atoms with van der Waals surface area (Å²) in [6, 6.07) is 0. The van der Waals surface area contributed by atoms with Gasteiger partial charge in [-0.2, -0.15) is 8.67 Å². The summed E-state index contributed by atoms with van der Waals surface area (Å²) in [5, 5.41) is 36.5. The number of imidazole rings is 2. The summed E-state index contributed by atoms with van der Waals surface area (Å²) in [5.74, 6) is 2.57. The molecule has 4 saturated carbocycles. The van der Waals surface area contributed by atoms with Crippen molar-refractivity contribution in [1.82, 2.24) is 9.13 Å². The second-order valence-corrected chi connectivity index (χ2v) is 31.9. The van der Waals surface area contributed by atoms with E-state index < -0.39 is 7.14 Å². The van der Waals surface area contributed by atoms with Crippen molar-refractivity contribution in [3.63, 3.8) is 0 Å². The Morgan fingerprint density at radius 3 is 1.68 bits per heavy atom. The molecule has 1 N–H and O–H groups in total. The average molecular weight is 963 g/mol. The van der Waals surface area contributed by atoms with Crippen LogP contribution in [0.5, 0.6) is 0 Å². The summed E-state index contributed by atoms with van der Waals surface area (Å²) in [6.07, 6.45) is 20.0. The van der Waals surface area contributed by atoms with Crippen LogP contribution in [0.2, 0.25) is 0 Å². The molecule has 4 aliphatic rings. The first-order chi connectivity index (χ1) is 28.6. The Hall–Kier alpha value is -0.830. The first-order valence-electron chi connectivity index (χ1n) is 22.4. The highest BCUT2D eigenvalue weighted by atomic mass is 32.2. The minimum atomic E-state index is -2.19. The number of rotatable bonds is 12. The van der Waals surface area contributed by atoms with E-state index in [9.17, 15) is 25.0 Å². The Morgan fingerprint density at radius 2 is 1.30 bits per heavy atom. The quantitative estimate of drug-likeness (QED) is 0.0542. The molecule has 2 aromatic heterocycles. The third-order valence-corrected chi connectivity index (χ3v) is 23.9. The zero-order valence-corrected chi connectivity index (χ0v) is 45.4. The number of aliphatic hydroxyl groups is 1. The molecule has 0 aliphatic heterocycles. The predicted molar refractivity (Wildman–Crippen MR) is 253 cm³/mol. The highest BCUT2D eigenvalue weighted by Gasteiger charge is 2.64. The van der Waals surface area contributed by atoms with E-state index >= 15 is 0 Å². The highest BCUT2D eigenvalue weighted by Crippen LogP contribution is 2.67. The van der Waals surface area contributed by atoms with E-state index in [4.69, 9.17) is 0 Å². The lowest BCUT2D eigenvalue weighted by Crippen LogP contribution is -2.41. The van der Waals surface area contributed by atoms with E-state index in [2.05, 4.69) is 169 Å². The van der Waals surface area contributed by atoms with Gasteiger partial charge < -0.3 is 20.2 Å². The van der Waals surface area contributed by atoms with Gasteiger partial charge in [0.15, 0.2) is 0 Å². The molecule has 4 aliphatic carbocycles. The second kappa shape index (κ2) is 21.2. The summed E-state index contributed by atoms with van der Waals surface area (Å²) >= 11 is 1.96. The van der Waals surface area contributed by atoms with Crippen LogP contribution in [0.25, 0.3) is 0 Å². The third kappa shape index (κ3) is 13.2. The molecule has 0 radical (unpaired) electrons. The minimum absolute atomic E-state index is 0.0292. The van der Waals surface area contributed by atoms with Gasteiger partial charge in [-0.15, -0.1) is 0 Å². The number of Topliss-reactive ketones (excluding diaryl/α,β-unsaturated/α-hetero) is 1. The fraction of sp³-hybridized carbons (Fsp3) is 0.848. The number of nitrogens with zero attached hydrogens (tertiary/aromatic N) is 4. The van der Waals surface area contributed by atoms with Crippen molar-refractivity contribution in [2.75, 3.05) is 24.8 Å². The molecular formula is C46H84N4O9P2S2. The monoisotopic (exact) mass is 963 g/mol. The number of carbonyl (C=O) groups is 1. The van der Waals surface area contributed by atoms with Gasteiger partial charge in [-0.05, 0) is 115 Å². The maximum atomic E-state index is 12.6. The first-order valence-corrected chi connectivity index (χ1v) is 28.6. The molecule has 7 atom stereocenters. The van der Waals surface area contributed by atoms with Crippen LogP contribution >= 0.6 is 39.1 Å². The standard InChI is InChI=1S/C13H26N2OP.C13H26N2P.C10H18O4S.C10H16O4S/c1-12(2,3)15-9-8-14(10-15)11-17(7,16)13(4,5)6;1-12(2,3)15-9-8-14(10-15)11-16(7)13(4,5)6;2*1-9(2)7-3-4-10(9,8(11)5-7)6-15-14-13-12/h8-10H,11H2,1-7H3;8-10H,11H2,1-7H3;7-8,11-12H,3-6H2,1-2H3;7,12H,3-6H2,1-2H3/q2*+1;;/p-2/t17-;;7?,8?,10-;7?,10-/m1.11/s1. The van der Waals surface area contributed by atoms with Gasteiger partial charge in [0.25, 0.3) is 0 Å². The van der Waals surface area contributed by atoms with Crippen molar-refractivity contribution >= 4 is 44.9 Å². The van der Waals surface area contributed by atoms with Crippen molar-refractivity contribution in [1.29, 1.82) is 0 Å². The van der Waals surface area contributed by atoms with Crippen LogP contribution < -0.4 is 19.6 Å². The van der Waals surface area contributed by atoms with Gasteiger partial charge in [0.1, 0.15) is 61.4 Å². The van der Waals surface area contributed by atoms with E-state index in [0.29, 0.717) is 47.0 Å². The van der Waals surface area contributed by atoms with E-state index in [0.717, 1.165) is 56.1 Å². The first kappa shape index (κ1) is 56.5. The number of hydrogen-bond donors (Lipinski definition) is 1. The lowest BCUT2D eigenvalue weighted by molar-refractivity contribution is -0.777. The van der Waals surface area contributed by atoms with Crippen LogP contribution in [0.15, 0.2) is 37.4 Å². The third-order valence-electron chi connectivity index (χ3n) is 15.6. The Bertz CT molecular complexity index is 1830. The van der Waals surface area contributed by atoms with Crippen LogP contribution in [0.1, 0.15) is 149 Å². The Kier molecular flexibility index (Phi) is 19.0. The van der Waals surface area contributed by atoms with Gasteiger partial charge in [-0.25, -0.2) is 18.3 Å². The van der Waals surface area contributed by atoms with Crippen LogP contribution in [-0.2, 0) is 51.8 Å². The topological polar surface area (TPSA) is 155 Å². The molecule has 4 bridgehead atoms. The molecular weight excluding hydrogens is 879 g/mol. The normalized spacial score (nSPS) is 27.4. The van der Waals surface area contributed by atoms with Crippen molar-refractivity contribution in [3.8, 4) is 0 Å². The molecule has 0 saturated heterocycles. The smallest absolute Gasteiger partial charge is 0.244 e. The lowest BCUT2D eigenvalue weighted by atomic mass is 9.70. The summed E-state index contributed by atoms with van der Waals surface area (Å²) in [6.45, 7) is 39.3. The average Bonchev–Trinajstić information content (AvgIpc) is 3.96. The van der Waals surface area contributed by atoms with E-state index in [-0.39, 0.29) is 51.9 Å². The van der Waals surface area contributed by atoms with Crippen LogP contribution in [0.3, 0.4) is 0 Å². The van der Waals surface area contributed by atoms with Gasteiger partial charge in [-0.3, -0.25) is 14.9 Å². The molecule has 4 unspecified atom stereocenters.